The summed E-state index contributed by atoms with van der Waals surface area (Å²) in [6, 6.07) is 3.24. The fourth-order valence-electron chi connectivity index (χ4n) is 3.04. The molecule has 7 nitrogen and oxygen atoms in total. The van der Waals surface area contributed by atoms with Gasteiger partial charge in [-0.25, -0.2) is 4.79 Å². The van der Waals surface area contributed by atoms with Gasteiger partial charge in [-0.1, -0.05) is 11.6 Å². The lowest BCUT2D eigenvalue weighted by atomic mass is 10.1. The summed E-state index contributed by atoms with van der Waals surface area (Å²) >= 11 is 6.27. The Hall–Kier alpha value is -2.09. The summed E-state index contributed by atoms with van der Waals surface area (Å²) in [6.07, 6.45) is 0. The first-order valence-electron chi connectivity index (χ1n) is 9.00. The van der Waals surface area contributed by atoms with Crippen molar-refractivity contribution < 1.29 is 23.6 Å². The number of hydrogen-bond donors (Lipinski definition) is 2. The number of quaternary nitrogens is 1. The second kappa shape index (κ2) is 8.73. The normalized spacial score (nSPS) is 15.1. The Labute approximate surface area is 162 Å². The van der Waals surface area contributed by atoms with Crippen LogP contribution in [0.15, 0.2) is 21.3 Å². The number of ether oxygens (including phenoxy) is 2. The molecule has 0 radical (unpaired) electrons. The quantitative estimate of drug-likeness (QED) is 0.695. The van der Waals surface area contributed by atoms with Crippen LogP contribution in [-0.2, 0) is 9.53 Å². The number of aryl methyl sites for hydroxylation is 1. The van der Waals surface area contributed by atoms with Gasteiger partial charge in [0.1, 0.15) is 24.4 Å². The maximum Gasteiger partial charge on any atom is 0.339 e. The Bertz CT molecular complexity index is 890. The van der Waals surface area contributed by atoms with E-state index in [2.05, 4.69) is 5.32 Å². The molecule has 2 N–H and O–H groups in total. The van der Waals surface area contributed by atoms with Gasteiger partial charge in [0.2, 0.25) is 0 Å². The van der Waals surface area contributed by atoms with E-state index >= 15 is 0 Å². The third-order valence-corrected chi connectivity index (χ3v) is 5.16. The van der Waals surface area contributed by atoms with E-state index in [1.54, 1.807) is 19.1 Å². The largest absolute Gasteiger partial charge is 0.482 e. The second-order valence-electron chi connectivity index (χ2n) is 6.67. The molecule has 1 fully saturated rings. The average molecular weight is 396 g/mol. The molecule has 27 heavy (non-hydrogen) atoms. The molecule has 1 aromatic heterocycles. The number of hydrogen-bond acceptors (Lipinski definition) is 5. The Balaban J connectivity index is 1.57. The van der Waals surface area contributed by atoms with Crippen molar-refractivity contribution in [3.63, 3.8) is 0 Å². The summed E-state index contributed by atoms with van der Waals surface area (Å²) in [7, 11) is 0. The number of carbonyl (C=O) groups is 1. The lowest BCUT2D eigenvalue weighted by Crippen LogP contribution is -3.14. The summed E-state index contributed by atoms with van der Waals surface area (Å²) in [5, 5.41) is 3.96. The molecule has 2 aromatic rings. The molecular weight excluding hydrogens is 372 g/mol. The second-order valence-corrected chi connectivity index (χ2v) is 7.08. The maximum absolute atomic E-state index is 12.0. The van der Waals surface area contributed by atoms with Gasteiger partial charge in [0.05, 0.1) is 31.3 Å². The Morgan fingerprint density at radius 2 is 2.00 bits per heavy atom. The fraction of sp³-hybridized carbons (Fsp3) is 0.474. The number of benzene rings is 1. The summed E-state index contributed by atoms with van der Waals surface area (Å²) < 4.78 is 16.1. The van der Waals surface area contributed by atoms with E-state index < -0.39 is 5.63 Å². The molecule has 2 heterocycles. The lowest BCUT2D eigenvalue weighted by molar-refractivity contribution is -0.906. The molecule has 1 aromatic carbocycles. The number of rotatable bonds is 6. The van der Waals surface area contributed by atoms with Gasteiger partial charge in [-0.15, -0.1) is 0 Å². The Morgan fingerprint density at radius 1 is 1.26 bits per heavy atom. The molecule has 1 aliphatic rings. The van der Waals surface area contributed by atoms with Gasteiger partial charge in [0.25, 0.3) is 5.91 Å². The summed E-state index contributed by atoms with van der Waals surface area (Å²) in [4.78, 5) is 25.3. The summed E-state index contributed by atoms with van der Waals surface area (Å²) in [6.45, 7) is 8.29. The van der Waals surface area contributed by atoms with Crippen molar-refractivity contribution in [3.8, 4) is 5.75 Å². The molecule has 1 amide bonds. The van der Waals surface area contributed by atoms with Crippen LogP contribution in [0.4, 0.5) is 0 Å². The molecule has 0 spiro atoms. The predicted octanol–water partition coefficient (Wildman–Crippen LogP) is 0.473. The van der Waals surface area contributed by atoms with Crippen LogP contribution in [0.3, 0.4) is 0 Å². The third-order valence-electron chi connectivity index (χ3n) is 4.87. The van der Waals surface area contributed by atoms with E-state index in [0.717, 1.165) is 43.8 Å². The number of morpholine rings is 1. The van der Waals surface area contributed by atoms with Crippen LogP contribution in [0.2, 0.25) is 5.02 Å². The van der Waals surface area contributed by atoms with Crippen molar-refractivity contribution in [3.05, 3.63) is 38.7 Å². The SMILES string of the molecule is Cc1c(C)c2cc(Cl)c(OCC(=O)NCC[NH+]3CCOCC3)cc2oc1=O. The van der Waals surface area contributed by atoms with Crippen LogP contribution < -0.4 is 20.6 Å². The van der Waals surface area contributed by atoms with Crippen LogP contribution in [-0.4, -0.2) is 51.9 Å². The predicted molar refractivity (Wildman–Crippen MR) is 102 cm³/mol. The molecule has 0 atom stereocenters. The highest BCUT2D eigenvalue weighted by atomic mass is 35.5. The fourth-order valence-corrected chi connectivity index (χ4v) is 3.26. The zero-order valence-electron chi connectivity index (χ0n) is 15.5. The van der Waals surface area contributed by atoms with Crippen molar-refractivity contribution in [1.82, 2.24) is 5.32 Å². The molecule has 0 unspecified atom stereocenters. The lowest BCUT2D eigenvalue weighted by Gasteiger charge is -2.23. The van der Waals surface area contributed by atoms with E-state index in [0.29, 0.717) is 28.5 Å². The number of amides is 1. The van der Waals surface area contributed by atoms with Gasteiger partial charge >= 0.3 is 5.63 Å². The molecule has 0 saturated carbocycles. The van der Waals surface area contributed by atoms with Crippen molar-refractivity contribution in [1.29, 1.82) is 0 Å². The first-order valence-corrected chi connectivity index (χ1v) is 9.38. The van der Waals surface area contributed by atoms with E-state index in [9.17, 15) is 9.59 Å². The monoisotopic (exact) mass is 395 g/mol. The van der Waals surface area contributed by atoms with E-state index in [4.69, 9.17) is 25.5 Å². The topological polar surface area (TPSA) is 82.2 Å². The van der Waals surface area contributed by atoms with Crippen molar-refractivity contribution in [2.24, 2.45) is 0 Å². The third kappa shape index (κ3) is 4.80. The first kappa shape index (κ1) is 19.7. The molecule has 0 bridgehead atoms. The highest BCUT2D eigenvalue weighted by molar-refractivity contribution is 6.32. The average Bonchev–Trinajstić information content (AvgIpc) is 2.66. The Kier molecular flexibility index (Phi) is 6.36. The summed E-state index contributed by atoms with van der Waals surface area (Å²) in [5.74, 6) is 0.0879. The van der Waals surface area contributed by atoms with Crippen molar-refractivity contribution >= 4 is 28.5 Å². The van der Waals surface area contributed by atoms with Gasteiger partial charge in [-0.05, 0) is 25.5 Å². The maximum atomic E-state index is 12.0. The Morgan fingerprint density at radius 3 is 2.74 bits per heavy atom. The van der Waals surface area contributed by atoms with Crippen LogP contribution in [0.1, 0.15) is 11.1 Å². The van der Waals surface area contributed by atoms with Gasteiger partial charge in [0.15, 0.2) is 6.61 Å². The van der Waals surface area contributed by atoms with Crippen LogP contribution in [0.25, 0.3) is 11.0 Å². The minimum absolute atomic E-state index is 0.154. The zero-order chi connectivity index (χ0) is 19.4. The van der Waals surface area contributed by atoms with E-state index in [1.165, 1.54) is 4.90 Å². The number of carbonyl (C=O) groups excluding carboxylic acids is 1. The van der Waals surface area contributed by atoms with Gasteiger partial charge in [0, 0.05) is 17.0 Å². The minimum atomic E-state index is -0.392. The van der Waals surface area contributed by atoms with Gasteiger partial charge in [-0.2, -0.15) is 0 Å². The molecule has 1 saturated heterocycles. The molecule has 3 rings (SSSR count). The molecular formula is C19H24ClN2O5+. The minimum Gasteiger partial charge on any atom is -0.482 e. The number of nitrogens with one attached hydrogen (secondary N) is 2. The summed E-state index contributed by atoms with van der Waals surface area (Å²) in [5.41, 5.74) is 1.36. The van der Waals surface area contributed by atoms with Crippen molar-refractivity contribution in [2.45, 2.75) is 13.8 Å². The van der Waals surface area contributed by atoms with Crippen LogP contribution in [0, 0.1) is 13.8 Å². The van der Waals surface area contributed by atoms with E-state index in [-0.39, 0.29) is 12.5 Å². The molecule has 8 heteroatoms. The standard InChI is InChI=1S/C19H23ClN2O5/c1-12-13(2)19(24)27-16-10-17(15(20)9-14(12)16)26-11-18(23)21-3-4-22-5-7-25-8-6-22/h9-10H,3-8,11H2,1-2H3,(H,21,23)/p+1. The zero-order valence-corrected chi connectivity index (χ0v) is 16.3. The number of fused-ring (bicyclic) bond motifs is 1. The smallest absolute Gasteiger partial charge is 0.339 e. The van der Waals surface area contributed by atoms with Gasteiger partial charge < -0.3 is 24.1 Å². The molecule has 1 aliphatic heterocycles. The number of halogens is 1. The van der Waals surface area contributed by atoms with E-state index in [1.807, 2.05) is 6.92 Å². The molecule has 0 aliphatic carbocycles. The van der Waals surface area contributed by atoms with Gasteiger partial charge in [-0.3, -0.25) is 4.79 Å². The first-order chi connectivity index (χ1) is 13.0. The van der Waals surface area contributed by atoms with Crippen molar-refractivity contribution in [2.75, 3.05) is 46.0 Å². The van der Waals surface area contributed by atoms with Crippen LogP contribution in [0.5, 0.6) is 5.75 Å². The highest BCUT2D eigenvalue weighted by Gasteiger charge is 2.15. The molecule has 146 valence electrons. The van der Waals surface area contributed by atoms with Crippen LogP contribution >= 0.6 is 11.6 Å². The highest BCUT2D eigenvalue weighted by Crippen LogP contribution is 2.31.